The number of phenols is 1. The molecule has 3 rings (SSSR count). The van der Waals surface area contributed by atoms with Crippen LogP contribution in [-0.4, -0.2) is 23.6 Å². The molecule has 2 aromatic carbocycles. The highest BCUT2D eigenvalue weighted by atomic mass is 16.5. The molecule has 7 heteroatoms. The van der Waals surface area contributed by atoms with Gasteiger partial charge in [-0.3, -0.25) is 4.79 Å². The van der Waals surface area contributed by atoms with Gasteiger partial charge >= 0.3 is 5.97 Å². The largest absolute Gasteiger partial charge is 0.506 e. The van der Waals surface area contributed by atoms with Crippen molar-refractivity contribution in [2.45, 2.75) is 6.92 Å². The first-order valence-electron chi connectivity index (χ1n) is 9.10. The molecule has 0 aliphatic heterocycles. The van der Waals surface area contributed by atoms with E-state index in [1.807, 2.05) is 6.07 Å². The first-order valence-corrected chi connectivity index (χ1v) is 9.10. The van der Waals surface area contributed by atoms with E-state index in [0.717, 1.165) is 5.56 Å². The van der Waals surface area contributed by atoms with E-state index in [-0.39, 0.29) is 17.0 Å². The lowest BCUT2D eigenvalue weighted by Gasteiger charge is -2.05. The lowest BCUT2D eigenvalue weighted by molar-refractivity contribution is -0.112. The van der Waals surface area contributed by atoms with Crippen LogP contribution < -0.4 is 5.32 Å². The van der Waals surface area contributed by atoms with Gasteiger partial charge in [-0.15, -0.1) is 0 Å². The smallest absolute Gasteiger partial charge is 0.338 e. The zero-order chi connectivity index (χ0) is 21.5. The summed E-state index contributed by atoms with van der Waals surface area (Å²) in [6, 6.07) is 18.1. The van der Waals surface area contributed by atoms with Gasteiger partial charge in [0.25, 0.3) is 5.91 Å². The quantitative estimate of drug-likeness (QED) is 0.274. The van der Waals surface area contributed by atoms with Crippen LogP contribution in [-0.2, 0) is 9.53 Å². The molecule has 3 aromatic rings. The maximum atomic E-state index is 12.3. The molecular weight excluding hydrogens is 384 g/mol. The van der Waals surface area contributed by atoms with E-state index in [0.29, 0.717) is 23.7 Å². The van der Waals surface area contributed by atoms with Gasteiger partial charge in [0.05, 0.1) is 17.9 Å². The van der Waals surface area contributed by atoms with Crippen LogP contribution in [0.15, 0.2) is 70.7 Å². The number of carbonyl (C=O) groups is 2. The van der Waals surface area contributed by atoms with Gasteiger partial charge < -0.3 is 19.6 Å². The Labute approximate surface area is 172 Å². The summed E-state index contributed by atoms with van der Waals surface area (Å²) in [5.41, 5.74) is 1.17. The Balaban J connectivity index is 1.76. The summed E-state index contributed by atoms with van der Waals surface area (Å²) in [6.07, 6.45) is 1.31. The maximum absolute atomic E-state index is 12.3. The van der Waals surface area contributed by atoms with Crippen molar-refractivity contribution in [2.75, 3.05) is 11.9 Å². The van der Waals surface area contributed by atoms with Gasteiger partial charge in [-0.05, 0) is 43.3 Å². The predicted molar refractivity (Wildman–Crippen MR) is 110 cm³/mol. The van der Waals surface area contributed by atoms with Crippen molar-refractivity contribution >= 4 is 23.6 Å². The Hall–Kier alpha value is -4.31. The Morgan fingerprint density at radius 1 is 1.13 bits per heavy atom. The van der Waals surface area contributed by atoms with Gasteiger partial charge in [-0.25, -0.2) is 4.79 Å². The van der Waals surface area contributed by atoms with Crippen molar-refractivity contribution in [3.63, 3.8) is 0 Å². The van der Waals surface area contributed by atoms with E-state index >= 15 is 0 Å². The molecule has 1 heterocycles. The number of nitrogens with one attached hydrogen (secondary N) is 1. The normalized spacial score (nSPS) is 10.9. The van der Waals surface area contributed by atoms with E-state index in [4.69, 9.17) is 9.15 Å². The molecule has 0 aliphatic rings. The van der Waals surface area contributed by atoms with Crippen LogP contribution in [0.5, 0.6) is 5.75 Å². The maximum Gasteiger partial charge on any atom is 0.338 e. The van der Waals surface area contributed by atoms with Crippen LogP contribution in [0.4, 0.5) is 5.69 Å². The summed E-state index contributed by atoms with van der Waals surface area (Å²) in [5.74, 6) is -0.356. The number of nitrogens with zero attached hydrogens (tertiary/aromatic N) is 1. The Kier molecular flexibility index (Phi) is 6.30. The second kappa shape index (κ2) is 9.26. The van der Waals surface area contributed by atoms with Gasteiger partial charge in [0.2, 0.25) is 0 Å². The number of carbonyl (C=O) groups excluding carboxylic acids is 2. The molecule has 0 unspecified atom stereocenters. The van der Waals surface area contributed by atoms with Crippen LogP contribution in [0.25, 0.3) is 17.4 Å². The number of anilines is 1. The predicted octanol–water partition coefficient (Wildman–Crippen LogP) is 4.37. The molecule has 150 valence electrons. The Bertz CT molecular complexity index is 1140. The molecule has 7 nitrogen and oxygen atoms in total. The highest BCUT2D eigenvalue weighted by molar-refractivity contribution is 6.10. The molecular formula is C23H18N2O5. The molecule has 2 N–H and O–H groups in total. The first-order chi connectivity index (χ1) is 14.5. The molecule has 0 radical (unpaired) electrons. The van der Waals surface area contributed by atoms with Gasteiger partial charge in [0.15, 0.2) is 0 Å². The highest BCUT2D eigenvalue weighted by Gasteiger charge is 2.13. The van der Waals surface area contributed by atoms with Crippen LogP contribution in [0.1, 0.15) is 23.0 Å². The van der Waals surface area contributed by atoms with Crippen molar-refractivity contribution in [3.8, 4) is 23.1 Å². The second-order valence-corrected chi connectivity index (χ2v) is 6.14. The van der Waals surface area contributed by atoms with Gasteiger partial charge in [0, 0.05) is 11.6 Å². The number of amides is 1. The van der Waals surface area contributed by atoms with Crippen LogP contribution in [0.3, 0.4) is 0 Å². The number of phenolic OH excluding ortho intramolecular Hbond substituents is 1. The summed E-state index contributed by atoms with van der Waals surface area (Å²) in [4.78, 5) is 24.1. The number of para-hydroxylation sites is 2. The Morgan fingerprint density at radius 3 is 2.53 bits per heavy atom. The molecule has 0 fully saturated rings. The van der Waals surface area contributed by atoms with E-state index < -0.39 is 11.9 Å². The minimum Gasteiger partial charge on any atom is -0.506 e. The topological polar surface area (TPSA) is 113 Å². The summed E-state index contributed by atoms with van der Waals surface area (Å²) in [6.45, 7) is 2.04. The van der Waals surface area contributed by atoms with Crippen molar-refractivity contribution in [1.29, 1.82) is 5.26 Å². The number of nitriles is 1. The summed E-state index contributed by atoms with van der Waals surface area (Å²) >= 11 is 0. The lowest BCUT2D eigenvalue weighted by Crippen LogP contribution is -2.13. The van der Waals surface area contributed by atoms with Crippen molar-refractivity contribution in [2.24, 2.45) is 0 Å². The van der Waals surface area contributed by atoms with Crippen LogP contribution in [0, 0.1) is 11.3 Å². The monoisotopic (exact) mass is 402 g/mol. The summed E-state index contributed by atoms with van der Waals surface area (Å²) in [7, 11) is 0. The van der Waals surface area contributed by atoms with E-state index in [9.17, 15) is 20.0 Å². The van der Waals surface area contributed by atoms with Crippen LogP contribution in [0.2, 0.25) is 0 Å². The minimum absolute atomic E-state index is 0.102. The number of benzene rings is 2. The molecule has 0 bridgehead atoms. The fraction of sp³-hybridized carbons (Fsp3) is 0.0870. The molecule has 0 spiro atoms. The van der Waals surface area contributed by atoms with Gasteiger partial charge in [-0.1, -0.05) is 24.3 Å². The van der Waals surface area contributed by atoms with E-state index in [2.05, 4.69) is 5.32 Å². The first kappa shape index (κ1) is 20.4. The third kappa shape index (κ3) is 4.75. The third-order valence-electron chi connectivity index (χ3n) is 4.11. The van der Waals surface area contributed by atoms with Gasteiger partial charge in [0.1, 0.15) is 28.9 Å². The SMILES string of the molecule is CCOC(=O)c1ccc(-c2ccc(/C=C(/C#N)C(=O)Nc3ccccc3O)o2)cc1. The summed E-state index contributed by atoms with van der Waals surface area (Å²) in [5, 5.41) is 21.6. The van der Waals surface area contributed by atoms with Gasteiger partial charge in [-0.2, -0.15) is 5.26 Å². The number of hydrogen-bond donors (Lipinski definition) is 2. The molecule has 0 aliphatic carbocycles. The average molecular weight is 402 g/mol. The third-order valence-corrected chi connectivity index (χ3v) is 4.11. The molecule has 0 atom stereocenters. The van der Waals surface area contributed by atoms with Crippen molar-refractivity contribution in [3.05, 3.63) is 77.6 Å². The molecule has 0 saturated carbocycles. The number of rotatable bonds is 6. The second-order valence-electron chi connectivity index (χ2n) is 6.14. The number of ether oxygens (including phenoxy) is 1. The Morgan fingerprint density at radius 2 is 1.87 bits per heavy atom. The zero-order valence-corrected chi connectivity index (χ0v) is 16.1. The highest BCUT2D eigenvalue weighted by Crippen LogP contribution is 2.25. The molecule has 1 aromatic heterocycles. The molecule has 0 saturated heterocycles. The average Bonchev–Trinajstić information content (AvgIpc) is 3.22. The fourth-order valence-electron chi connectivity index (χ4n) is 2.63. The summed E-state index contributed by atoms with van der Waals surface area (Å²) < 4.78 is 10.7. The number of furan rings is 1. The van der Waals surface area contributed by atoms with Crippen LogP contribution >= 0.6 is 0 Å². The zero-order valence-electron chi connectivity index (χ0n) is 16.1. The number of aromatic hydroxyl groups is 1. The fourth-order valence-corrected chi connectivity index (χ4v) is 2.63. The standard InChI is InChI=1S/C23H18N2O5/c1-2-29-23(28)16-9-7-15(8-10-16)21-12-11-18(30-21)13-17(14-24)22(27)25-19-5-3-4-6-20(19)26/h3-13,26H,2H2,1H3,(H,25,27)/b17-13-. The van der Waals surface area contributed by atoms with E-state index in [1.54, 1.807) is 55.5 Å². The lowest BCUT2D eigenvalue weighted by atomic mass is 10.1. The minimum atomic E-state index is -0.671. The molecule has 1 amide bonds. The van der Waals surface area contributed by atoms with E-state index in [1.165, 1.54) is 18.2 Å². The number of hydrogen-bond acceptors (Lipinski definition) is 6. The van der Waals surface area contributed by atoms with Crippen molar-refractivity contribution < 1.29 is 23.8 Å². The molecule has 30 heavy (non-hydrogen) atoms. The number of esters is 1. The van der Waals surface area contributed by atoms with Crippen molar-refractivity contribution in [1.82, 2.24) is 0 Å².